The lowest BCUT2D eigenvalue weighted by Crippen LogP contribution is -2.43. The van der Waals surface area contributed by atoms with Crippen LogP contribution >= 0.6 is 0 Å². The molecule has 0 atom stereocenters. The first-order chi connectivity index (χ1) is 12.9. The topological polar surface area (TPSA) is 86.6 Å². The van der Waals surface area contributed by atoms with Crippen LogP contribution < -0.4 is 10.6 Å². The number of nitrogens with zero attached hydrogens (tertiary/aromatic N) is 2. The first-order valence-corrected chi connectivity index (χ1v) is 8.62. The number of fused-ring (bicyclic) bond motifs is 1. The van der Waals surface area contributed by atoms with Crippen molar-refractivity contribution in [1.29, 1.82) is 0 Å². The Hall–Kier alpha value is -3.41. The molecule has 3 N–H and O–H groups in total. The number of benzene rings is 2. The quantitative estimate of drug-likeness (QED) is 0.363. The second-order valence-electron chi connectivity index (χ2n) is 6.88. The van der Waals surface area contributed by atoms with Gasteiger partial charge in [-0.1, -0.05) is 35.5 Å². The van der Waals surface area contributed by atoms with Crippen molar-refractivity contribution >= 4 is 28.3 Å². The number of carbonyl (C=O) groups is 1. The summed E-state index contributed by atoms with van der Waals surface area (Å²) in [6.45, 7) is 5.55. The highest BCUT2D eigenvalue weighted by Gasteiger charge is 2.23. The summed E-state index contributed by atoms with van der Waals surface area (Å²) in [6.07, 6.45) is 1.72. The fraction of sp³-hybridized carbons (Fsp3) is 0.190. The summed E-state index contributed by atoms with van der Waals surface area (Å²) in [5.74, 6) is 0. The molecule has 0 aliphatic heterocycles. The maximum absolute atomic E-state index is 12.5. The third kappa shape index (κ3) is 4.23. The van der Waals surface area contributed by atoms with Crippen molar-refractivity contribution in [3.05, 3.63) is 71.9 Å². The van der Waals surface area contributed by atoms with E-state index >= 15 is 0 Å². The van der Waals surface area contributed by atoms with Gasteiger partial charge >= 0.3 is 6.03 Å². The van der Waals surface area contributed by atoms with Crippen LogP contribution in [0.15, 0.2) is 65.9 Å². The molecule has 27 heavy (non-hydrogen) atoms. The number of hydrogen-bond donors (Lipinski definition) is 3. The molecule has 1 heterocycles. The summed E-state index contributed by atoms with van der Waals surface area (Å²) in [4.78, 5) is 16.8. The molecule has 6 heteroatoms. The van der Waals surface area contributed by atoms with Crippen LogP contribution in [0.3, 0.4) is 0 Å². The molecule has 0 aliphatic carbocycles. The minimum Gasteiger partial charge on any atom is -0.411 e. The predicted molar refractivity (Wildman–Crippen MR) is 107 cm³/mol. The second-order valence-corrected chi connectivity index (χ2v) is 6.88. The van der Waals surface area contributed by atoms with E-state index < -0.39 is 5.54 Å². The maximum atomic E-state index is 12.5. The zero-order valence-electron chi connectivity index (χ0n) is 15.5. The zero-order chi connectivity index (χ0) is 19.4. The molecule has 0 aliphatic rings. The van der Waals surface area contributed by atoms with Crippen molar-refractivity contribution in [2.24, 2.45) is 5.16 Å². The highest BCUT2D eigenvalue weighted by atomic mass is 16.4. The molecule has 2 aromatic carbocycles. The maximum Gasteiger partial charge on any atom is 0.319 e. The average molecular weight is 362 g/mol. The van der Waals surface area contributed by atoms with Crippen LogP contribution in [-0.4, -0.2) is 21.9 Å². The molecule has 0 radical (unpaired) electrons. The Balaban J connectivity index is 1.75. The lowest BCUT2D eigenvalue weighted by molar-refractivity contribution is 0.242. The van der Waals surface area contributed by atoms with E-state index in [2.05, 4.69) is 20.8 Å². The first-order valence-electron chi connectivity index (χ1n) is 8.62. The summed E-state index contributed by atoms with van der Waals surface area (Å²) in [7, 11) is 0. The summed E-state index contributed by atoms with van der Waals surface area (Å²) in [6, 6.07) is 16.7. The Morgan fingerprint density at radius 2 is 1.93 bits per heavy atom. The normalized spacial score (nSPS) is 12.0. The van der Waals surface area contributed by atoms with Gasteiger partial charge in [0.25, 0.3) is 0 Å². The Bertz CT molecular complexity index is 1010. The molecule has 1 aromatic heterocycles. The molecular formula is C21H22N4O2. The molecule has 3 aromatic rings. The van der Waals surface area contributed by atoms with Crippen molar-refractivity contribution in [3.8, 4) is 0 Å². The molecule has 138 valence electrons. The zero-order valence-corrected chi connectivity index (χ0v) is 15.5. The Morgan fingerprint density at radius 1 is 1.11 bits per heavy atom. The van der Waals surface area contributed by atoms with E-state index in [1.807, 2.05) is 68.4 Å². The molecule has 0 saturated carbocycles. The van der Waals surface area contributed by atoms with Crippen LogP contribution in [0.1, 0.15) is 31.9 Å². The van der Waals surface area contributed by atoms with Crippen LogP contribution in [0.4, 0.5) is 10.5 Å². The van der Waals surface area contributed by atoms with E-state index in [1.165, 1.54) is 0 Å². The molecule has 0 spiro atoms. The van der Waals surface area contributed by atoms with Gasteiger partial charge in [0, 0.05) is 17.3 Å². The van der Waals surface area contributed by atoms with E-state index in [4.69, 9.17) is 5.21 Å². The van der Waals surface area contributed by atoms with Crippen LogP contribution in [0.25, 0.3) is 10.9 Å². The smallest absolute Gasteiger partial charge is 0.319 e. The summed E-state index contributed by atoms with van der Waals surface area (Å²) >= 11 is 0. The monoisotopic (exact) mass is 362 g/mol. The van der Waals surface area contributed by atoms with Gasteiger partial charge in [-0.05, 0) is 56.2 Å². The van der Waals surface area contributed by atoms with Gasteiger partial charge in [-0.3, -0.25) is 4.98 Å². The fourth-order valence-corrected chi connectivity index (χ4v) is 2.85. The minimum atomic E-state index is -0.620. The average Bonchev–Trinajstić information content (AvgIpc) is 2.67. The number of aromatic nitrogens is 1. The molecule has 6 nitrogen and oxygen atoms in total. The number of rotatable bonds is 4. The number of carbonyl (C=O) groups excluding carboxylic acids is 1. The van der Waals surface area contributed by atoms with Crippen LogP contribution in [-0.2, 0) is 5.54 Å². The number of urea groups is 1. The van der Waals surface area contributed by atoms with Gasteiger partial charge in [0.15, 0.2) is 0 Å². The van der Waals surface area contributed by atoms with E-state index in [-0.39, 0.29) is 6.03 Å². The van der Waals surface area contributed by atoms with E-state index in [9.17, 15) is 4.79 Å². The van der Waals surface area contributed by atoms with Gasteiger partial charge < -0.3 is 15.8 Å². The van der Waals surface area contributed by atoms with Gasteiger partial charge in [0.2, 0.25) is 0 Å². The van der Waals surface area contributed by atoms with Crippen molar-refractivity contribution in [1.82, 2.24) is 10.3 Å². The predicted octanol–water partition coefficient (Wildman–Crippen LogP) is 4.49. The van der Waals surface area contributed by atoms with E-state index in [1.54, 1.807) is 13.1 Å². The summed E-state index contributed by atoms with van der Waals surface area (Å²) in [5, 5.41) is 19.1. The summed E-state index contributed by atoms with van der Waals surface area (Å²) < 4.78 is 0. The summed E-state index contributed by atoms with van der Waals surface area (Å²) in [5.41, 5.74) is 3.09. The SMILES string of the molecule is CC(=NO)c1cccc(C(C)(C)NC(=O)Nc2ccc3cccnc3c2)c1. The minimum absolute atomic E-state index is 0.312. The Kier molecular flexibility index (Phi) is 5.07. The van der Waals surface area contributed by atoms with Crippen LogP contribution in [0, 0.1) is 0 Å². The Labute approximate surface area is 157 Å². The molecule has 0 unspecified atom stereocenters. The van der Waals surface area contributed by atoms with Gasteiger partial charge in [-0.2, -0.15) is 0 Å². The largest absolute Gasteiger partial charge is 0.411 e. The number of nitrogens with one attached hydrogen (secondary N) is 2. The molecule has 2 amide bonds. The lowest BCUT2D eigenvalue weighted by Gasteiger charge is -2.27. The molecule has 3 rings (SSSR count). The highest BCUT2D eigenvalue weighted by Crippen LogP contribution is 2.22. The third-order valence-electron chi connectivity index (χ3n) is 4.44. The standard InChI is InChI=1S/C21H22N4O2/c1-14(25-27)16-6-4-8-17(12-16)21(2,3)24-20(26)23-18-10-9-15-7-5-11-22-19(15)13-18/h4-13,27H,1-3H3,(H2,23,24,26). The lowest BCUT2D eigenvalue weighted by atomic mass is 9.92. The van der Waals surface area contributed by atoms with Gasteiger partial charge in [-0.25, -0.2) is 4.79 Å². The van der Waals surface area contributed by atoms with Crippen molar-refractivity contribution in [2.45, 2.75) is 26.3 Å². The first kappa shape index (κ1) is 18.4. The Morgan fingerprint density at radius 3 is 2.70 bits per heavy atom. The van der Waals surface area contributed by atoms with Gasteiger partial charge in [-0.15, -0.1) is 0 Å². The van der Waals surface area contributed by atoms with Gasteiger partial charge in [0.1, 0.15) is 0 Å². The van der Waals surface area contributed by atoms with E-state index in [0.717, 1.165) is 22.0 Å². The molecule has 0 saturated heterocycles. The number of oxime groups is 1. The molecular weight excluding hydrogens is 340 g/mol. The highest BCUT2D eigenvalue weighted by molar-refractivity contribution is 5.98. The number of hydrogen-bond acceptors (Lipinski definition) is 4. The van der Waals surface area contributed by atoms with Crippen molar-refractivity contribution in [2.75, 3.05) is 5.32 Å². The molecule has 0 bridgehead atoms. The van der Waals surface area contributed by atoms with Crippen LogP contribution in [0.2, 0.25) is 0 Å². The van der Waals surface area contributed by atoms with Crippen molar-refractivity contribution in [3.63, 3.8) is 0 Å². The number of anilines is 1. The number of pyridine rings is 1. The van der Waals surface area contributed by atoms with Gasteiger partial charge in [0.05, 0.1) is 16.8 Å². The second kappa shape index (κ2) is 7.45. The molecule has 0 fully saturated rings. The fourth-order valence-electron chi connectivity index (χ4n) is 2.85. The van der Waals surface area contributed by atoms with Crippen molar-refractivity contribution < 1.29 is 10.0 Å². The van der Waals surface area contributed by atoms with E-state index in [0.29, 0.717) is 11.4 Å². The third-order valence-corrected chi connectivity index (χ3v) is 4.44. The van der Waals surface area contributed by atoms with Crippen LogP contribution in [0.5, 0.6) is 0 Å². The number of amides is 2.